The van der Waals surface area contributed by atoms with Crippen LogP contribution >= 0.6 is 0 Å². The monoisotopic (exact) mass is 270 g/mol. The summed E-state index contributed by atoms with van der Waals surface area (Å²) in [5.41, 5.74) is 9.17. The van der Waals surface area contributed by atoms with Gasteiger partial charge >= 0.3 is 0 Å². The van der Waals surface area contributed by atoms with E-state index in [1.54, 1.807) is 7.11 Å². The molecule has 0 unspecified atom stereocenters. The lowest BCUT2D eigenvalue weighted by Gasteiger charge is -2.07. The normalized spacial score (nSPS) is 10.4. The van der Waals surface area contributed by atoms with Gasteiger partial charge in [-0.05, 0) is 36.1 Å². The minimum absolute atomic E-state index is 0.905. The Kier molecular flexibility index (Phi) is 6.08. The van der Waals surface area contributed by atoms with Gasteiger partial charge in [0.25, 0.3) is 0 Å². The van der Waals surface area contributed by atoms with E-state index in [2.05, 4.69) is 47.2 Å². The molecule has 0 spiro atoms. The molecule has 2 N–H and O–H groups in total. The third kappa shape index (κ3) is 5.03. The number of ether oxygens (including phenoxy) is 1. The van der Waals surface area contributed by atoms with Crippen molar-refractivity contribution < 1.29 is 4.74 Å². The first-order valence-corrected chi connectivity index (χ1v) is 7.01. The van der Waals surface area contributed by atoms with Crippen molar-refractivity contribution in [2.45, 2.75) is 12.8 Å². The molecule has 2 aromatic carbocycles. The molecule has 0 aliphatic rings. The second-order valence-corrected chi connectivity index (χ2v) is 4.69. The number of hydrogen-bond donors (Lipinski definition) is 2. The Morgan fingerprint density at radius 2 is 1.30 bits per heavy atom. The van der Waals surface area contributed by atoms with Gasteiger partial charge in [0.2, 0.25) is 0 Å². The van der Waals surface area contributed by atoms with Gasteiger partial charge in [-0.1, -0.05) is 42.5 Å². The van der Waals surface area contributed by atoms with Crippen LogP contribution in [0.4, 0.5) is 0 Å². The van der Waals surface area contributed by atoms with E-state index in [0.717, 1.165) is 31.7 Å². The zero-order valence-electron chi connectivity index (χ0n) is 11.9. The minimum atomic E-state index is 0.905. The molecule has 106 valence electrons. The standard InChI is InChI=1S/C17H22N2O/c1-20-17-9-7-16(8-10-17)12-14-19-18-13-11-15-5-3-2-4-6-15/h2-10,18-19H,11-14H2,1H3. The first kappa shape index (κ1) is 14.6. The van der Waals surface area contributed by atoms with Crippen LogP contribution in [0, 0.1) is 0 Å². The predicted molar refractivity (Wildman–Crippen MR) is 82.8 cm³/mol. The molecule has 0 aliphatic heterocycles. The fourth-order valence-corrected chi connectivity index (χ4v) is 2.03. The van der Waals surface area contributed by atoms with Crippen molar-refractivity contribution in [2.24, 2.45) is 0 Å². The Bertz CT molecular complexity index is 482. The summed E-state index contributed by atoms with van der Waals surface area (Å²) in [7, 11) is 1.69. The van der Waals surface area contributed by atoms with Gasteiger partial charge in [0, 0.05) is 13.1 Å². The molecule has 0 bridgehead atoms. The summed E-state index contributed by atoms with van der Waals surface area (Å²) < 4.78 is 5.14. The molecule has 3 heteroatoms. The van der Waals surface area contributed by atoms with E-state index in [1.165, 1.54) is 11.1 Å². The van der Waals surface area contributed by atoms with E-state index in [-0.39, 0.29) is 0 Å². The van der Waals surface area contributed by atoms with Crippen LogP contribution in [-0.2, 0) is 12.8 Å². The van der Waals surface area contributed by atoms with E-state index in [9.17, 15) is 0 Å². The van der Waals surface area contributed by atoms with Crippen molar-refractivity contribution in [3.8, 4) is 5.75 Å². The summed E-state index contributed by atoms with van der Waals surface area (Å²) in [5, 5.41) is 0. The van der Waals surface area contributed by atoms with E-state index in [4.69, 9.17) is 4.74 Å². The molecular formula is C17H22N2O. The minimum Gasteiger partial charge on any atom is -0.497 e. The van der Waals surface area contributed by atoms with Crippen LogP contribution in [0.5, 0.6) is 5.75 Å². The molecule has 0 radical (unpaired) electrons. The lowest BCUT2D eigenvalue weighted by Crippen LogP contribution is -2.34. The topological polar surface area (TPSA) is 33.3 Å². The average Bonchev–Trinajstić information content (AvgIpc) is 2.52. The van der Waals surface area contributed by atoms with E-state index < -0.39 is 0 Å². The molecule has 0 fully saturated rings. The van der Waals surface area contributed by atoms with Gasteiger partial charge < -0.3 is 4.74 Å². The van der Waals surface area contributed by atoms with Crippen molar-refractivity contribution in [1.29, 1.82) is 0 Å². The maximum Gasteiger partial charge on any atom is 0.118 e. The van der Waals surface area contributed by atoms with Crippen LogP contribution in [0.1, 0.15) is 11.1 Å². The molecule has 0 atom stereocenters. The van der Waals surface area contributed by atoms with Crippen molar-refractivity contribution in [2.75, 3.05) is 20.2 Å². The summed E-state index contributed by atoms with van der Waals surface area (Å²) >= 11 is 0. The van der Waals surface area contributed by atoms with Crippen molar-refractivity contribution >= 4 is 0 Å². The summed E-state index contributed by atoms with van der Waals surface area (Å²) in [6, 6.07) is 18.7. The lowest BCUT2D eigenvalue weighted by molar-refractivity contribution is 0.414. The Morgan fingerprint density at radius 1 is 0.750 bits per heavy atom. The van der Waals surface area contributed by atoms with Gasteiger partial charge in [-0.25, -0.2) is 0 Å². The molecule has 0 aromatic heterocycles. The SMILES string of the molecule is COc1ccc(CCNNCCc2ccccc2)cc1. The molecule has 0 amide bonds. The highest BCUT2D eigenvalue weighted by atomic mass is 16.5. The molecule has 0 saturated carbocycles. The zero-order chi connectivity index (χ0) is 14.0. The van der Waals surface area contributed by atoms with Crippen molar-refractivity contribution in [3.63, 3.8) is 0 Å². The quantitative estimate of drug-likeness (QED) is 0.571. The molecule has 2 aromatic rings. The summed E-state index contributed by atoms with van der Waals surface area (Å²) in [6.07, 6.45) is 2.04. The largest absolute Gasteiger partial charge is 0.497 e. The van der Waals surface area contributed by atoms with Crippen LogP contribution in [0.2, 0.25) is 0 Å². The molecule has 0 aliphatic carbocycles. The Morgan fingerprint density at radius 3 is 1.85 bits per heavy atom. The molecule has 3 nitrogen and oxygen atoms in total. The highest BCUT2D eigenvalue weighted by Crippen LogP contribution is 2.11. The zero-order valence-corrected chi connectivity index (χ0v) is 11.9. The Labute approximate surface area is 120 Å². The number of rotatable bonds is 8. The van der Waals surface area contributed by atoms with Crippen LogP contribution in [0.3, 0.4) is 0 Å². The molecule has 20 heavy (non-hydrogen) atoms. The smallest absolute Gasteiger partial charge is 0.118 e. The van der Waals surface area contributed by atoms with Crippen LogP contribution in [0.15, 0.2) is 54.6 Å². The highest BCUT2D eigenvalue weighted by molar-refractivity contribution is 5.27. The number of benzene rings is 2. The third-order valence-corrected chi connectivity index (χ3v) is 3.20. The maximum atomic E-state index is 5.14. The fraction of sp³-hybridized carbons (Fsp3) is 0.294. The lowest BCUT2D eigenvalue weighted by atomic mass is 10.1. The predicted octanol–water partition coefficient (Wildman–Crippen LogP) is 2.57. The molecule has 0 heterocycles. The number of methoxy groups -OCH3 is 1. The fourth-order valence-electron chi connectivity index (χ4n) is 2.03. The van der Waals surface area contributed by atoms with E-state index in [0.29, 0.717) is 0 Å². The van der Waals surface area contributed by atoms with E-state index >= 15 is 0 Å². The summed E-state index contributed by atoms with van der Waals surface area (Å²) in [6.45, 7) is 1.85. The van der Waals surface area contributed by atoms with Gasteiger partial charge in [0.05, 0.1) is 7.11 Å². The van der Waals surface area contributed by atoms with Gasteiger partial charge in [0.1, 0.15) is 5.75 Å². The number of hydrazine groups is 1. The third-order valence-electron chi connectivity index (χ3n) is 3.20. The van der Waals surface area contributed by atoms with Crippen molar-refractivity contribution in [1.82, 2.24) is 10.9 Å². The first-order chi connectivity index (χ1) is 9.88. The maximum absolute atomic E-state index is 5.14. The van der Waals surface area contributed by atoms with Gasteiger partial charge in [-0.15, -0.1) is 0 Å². The van der Waals surface area contributed by atoms with E-state index in [1.807, 2.05) is 18.2 Å². The first-order valence-electron chi connectivity index (χ1n) is 7.01. The summed E-state index contributed by atoms with van der Waals surface area (Å²) in [5.74, 6) is 0.905. The highest BCUT2D eigenvalue weighted by Gasteiger charge is 1.95. The number of hydrogen-bond acceptors (Lipinski definition) is 3. The average molecular weight is 270 g/mol. The second kappa shape index (κ2) is 8.35. The van der Waals surface area contributed by atoms with Crippen LogP contribution < -0.4 is 15.6 Å². The Hall–Kier alpha value is -1.84. The van der Waals surface area contributed by atoms with Crippen molar-refractivity contribution in [3.05, 3.63) is 65.7 Å². The Balaban J connectivity index is 1.57. The second-order valence-electron chi connectivity index (χ2n) is 4.69. The number of nitrogens with one attached hydrogen (secondary N) is 2. The molecular weight excluding hydrogens is 248 g/mol. The van der Waals surface area contributed by atoms with Gasteiger partial charge in [-0.2, -0.15) is 0 Å². The van der Waals surface area contributed by atoms with Crippen LogP contribution in [-0.4, -0.2) is 20.2 Å². The molecule has 0 saturated heterocycles. The van der Waals surface area contributed by atoms with Gasteiger partial charge in [0.15, 0.2) is 0 Å². The van der Waals surface area contributed by atoms with Gasteiger partial charge in [-0.3, -0.25) is 10.9 Å². The van der Waals surface area contributed by atoms with Crippen LogP contribution in [0.25, 0.3) is 0 Å². The molecule has 2 rings (SSSR count). The summed E-state index contributed by atoms with van der Waals surface area (Å²) in [4.78, 5) is 0.